The second kappa shape index (κ2) is 11.0. The first-order chi connectivity index (χ1) is 18.3. The minimum Gasteiger partial charge on any atom is -0.394 e. The lowest BCUT2D eigenvalue weighted by Crippen LogP contribution is -2.55. The van der Waals surface area contributed by atoms with Crippen LogP contribution >= 0.6 is 0 Å². The summed E-state index contributed by atoms with van der Waals surface area (Å²) in [6.45, 7) is 13.8. The molecular weight excluding hydrogens is 488 g/mol. The van der Waals surface area contributed by atoms with Crippen molar-refractivity contribution in [2.75, 3.05) is 6.61 Å². The number of ether oxygens (including phenoxy) is 2. The van der Waals surface area contributed by atoms with Crippen LogP contribution in [0.3, 0.4) is 0 Å². The molecule has 4 unspecified atom stereocenters. The molecule has 0 spiro atoms. The first-order valence-corrected chi connectivity index (χ1v) is 16.3. The first kappa shape index (κ1) is 30.0. The molecule has 5 nitrogen and oxygen atoms in total. The lowest BCUT2D eigenvalue weighted by molar-refractivity contribution is -0.255. The van der Waals surface area contributed by atoms with Gasteiger partial charge in [-0.25, -0.2) is 0 Å². The average molecular weight is 547 g/mol. The van der Waals surface area contributed by atoms with Gasteiger partial charge in [0, 0.05) is 18.3 Å². The molecule has 0 aromatic carbocycles. The average Bonchev–Trinajstić information content (AvgIpc) is 3.18. The Morgan fingerprint density at radius 3 is 2.44 bits per heavy atom. The van der Waals surface area contributed by atoms with Crippen molar-refractivity contribution in [1.29, 1.82) is 0 Å². The van der Waals surface area contributed by atoms with Gasteiger partial charge in [0.1, 0.15) is 0 Å². The molecule has 3 saturated carbocycles. The third-order valence-electron chi connectivity index (χ3n) is 12.6. The normalized spacial score (nSPS) is 45.7. The summed E-state index contributed by atoms with van der Waals surface area (Å²) >= 11 is 0. The van der Waals surface area contributed by atoms with E-state index in [9.17, 15) is 15.3 Å². The van der Waals surface area contributed by atoms with Gasteiger partial charge in [0.05, 0.1) is 30.5 Å². The molecule has 0 bridgehead atoms. The molecule has 0 aromatic rings. The van der Waals surface area contributed by atoms with E-state index in [4.69, 9.17) is 9.47 Å². The molecule has 4 fully saturated rings. The molecule has 1 saturated heterocycles. The number of aliphatic hydroxyl groups excluding tert-OH is 2. The van der Waals surface area contributed by atoms with Crippen molar-refractivity contribution in [3.8, 4) is 0 Å². The van der Waals surface area contributed by atoms with Crippen LogP contribution in [0.15, 0.2) is 11.6 Å². The number of allylic oxidation sites excluding steroid dienone is 1. The van der Waals surface area contributed by atoms with Crippen molar-refractivity contribution in [3.05, 3.63) is 11.6 Å². The number of aliphatic hydroxyl groups is 3. The fourth-order valence-electron chi connectivity index (χ4n) is 10.3. The quantitative estimate of drug-likeness (QED) is 0.231. The second-order valence-corrected chi connectivity index (χ2v) is 15.9. The van der Waals surface area contributed by atoms with Gasteiger partial charge in [0.2, 0.25) is 0 Å². The van der Waals surface area contributed by atoms with Crippen LogP contribution in [0.5, 0.6) is 0 Å². The fourth-order valence-corrected chi connectivity index (χ4v) is 10.3. The summed E-state index contributed by atoms with van der Waals surface area (Å²) in [6.07, 6.45) is 16.0. The van der Waals surface area contributed by atoms with E-state index in [0.29, 0.717) is 29.6 Å². The minimum absolute atomic E-state index is 0.0587. The summed E-state index contributed by atoms with van der Waals surface area (Å²) in [5.41, 5.74) is 1.86. The maximum Gasteiger partial charge on any atom is 0.160 e. The van der Waals surface area contributed by atoms with E-state index in [-0.39, 0.29) is 24.2 Å². The van der Waals surface area contributed by atoms with Gasteiger partial charge in [-0.05, 0) is 106 Å². The Kier molecular flexibility index (Phi) is 8.46. The molecule has 0 amide bonds. The van der Waals surface area contributed by atoms with Gasteiger partial charge in [-0.15, -0.1) is 0 Å². The van der Waals surface area contributed by atoms with E-state index in [1.165, 1.54) is 51.4 Å². The van der Waals surface area contributed by atoms with Crippen LogP contribution in [0.2, 0.25) is 0 Å². The summed E-state index contributed by atoms with van der Waals surface area (Å²) < 4.78 is 12.6. The van der Waals surface area contributed by atoms with Crippen molar-refractivity contribution in [3.63, 3.8) is 0 Å². The van der Waals surface area contributed by atoms with Gasteiger partial charge >= 0.3 is 0 Å². The fraction of sp³-hybridized carbons (Fsp3) is 0.941. The minimum atomic E-state index is -0.536. The highest BCUT2D eigenvalue weighted by molar-refractivity contribution is 5.29. The molecule has 1 aliphatic heterocycles. The van der Waals surface area contributed by atoms with Gasteiger partial charge in [0.15, 0.2) is 6.29 Å². The molecule has 224 valence electrons. The van der Waals surface area contributed by atoms with Crippen molar-refractivity contribution in [1.82, 2.24) is 0 Å². The molecule has 10 atom stereocenters. The maximum absolute atomic E-state index is 10.3. The molecule has 0 radical (unpaired) electrons. The third kappa shape index (κ3) is 5.66. The number of unbranched alkanes of at least 4 members (excludes halogenated alkanes) is 1. The van der Waals surface area contributed by atoms with Crippen molar-refractivity contribution in [2.24, 2.45) is 39.9 Å². The maximum atomic E-state index is 10.3. The zero-order valence-corrected chi connectivity index (χ0v) is 25.8. The topological polar surface area (TPSA) is 79.2 Å². The summed E-state index contributed by atoms with van der Waals surface area (Å²) in [6, 6.07) is 0. The van der Waals surface area contributed by atoms with Gasteiger partial charge < -0.3 is 24.8 Å². The number of rotatable bonds is 8. The van der Waals surface area contributed by atoms with Crippen LogP contribution in [-0.2, 0) is 9.47 Å². The van der Waals surface area contributed by atoms with Gasteiger partial charge in [-0.2, -0.15) is 0 Å². The smallest absolute Gasteiger partial charge is 0.160 e. The van der Waals surface area contributed by atoms with E-state index >= 15 is 0 Å². The Morgan fingerprint density at radius 2 is 1.72 bits per heavy atom. The Labute approximate surface area is 238 Å². The highest BCUT2D eigenvalue weighted by Gasteiger charge is 2.61. The van der Waals surface area contributed by atoms with Crippen LogP contribution in [-0.4, -0.2) is 52.1 Å². The summed E-state index contributed by atoms with van der Waals surface area (Å²) in [7, 11) is 0. The Bertz CT molecular complexity index is 891. The summed E-state index contributed by atoms with van der Waals surface area (Å²) in [5.74, 6) is 3.08. The van der Waals surface area contributed by atoms with Crippen LogP contribution in [0.1, 0.15) is 125 Å². The predicted octanol–water partition coefficient (Wildman–Crippen LogP) is 6.78. The number of hydrogen-bond acceptors (Lipinski definition) is 5. The number of fused-ring (bicyclic) bond motifs is 5. The zero-order valence-electron chi connectivity index (χ0n) is 25.8. The molecule has 4 aliphatic carbocycles. The van der Waals surface area contributed by atoms with Gasteiger partial charge in [-0.1, -0.05) is 52.2 Å². The zero-order chi connectivity index (χ0) is 28.2. The summed E-state index contributed by atoms with van der Waals surface area (Å²) in [4.78, 5) is 0. The second-order valence-electron chi connectivity index (χ2n) is 15.9. The highest BCUT2D eigenvalue weighted by atomic mass is 16.7. The Hall–Kier alpha value is -0.460. The molecule has 5 aliphatic rings. The number of hydrogen-bond donors (Lipinski definition) is 3. The van der Waals surface area contributed by atoms with Crippen molar-refractivity contribution >= 4 is 0 Å². The molecule has 3 N–H and O–H groups in total. The first-order valence-electron chi connectivity index (χ1n) is 16.3. The van der Waals surface area contributed by atoms with Crippen molar-refractivity contribution in [2.45, 2.75) is 155 Å². The van der Waals surface area contributed by atoms with E-state index in [1.54, 1.807) is 5.57 Å². The molecule has 5 rings (SSSR count). The third-order valence-corrected chi connectivity index (χ3v) is 12.6. The van der Waals surface area contributed by atoms with Crippen molar-refractivity contribution < 1.29 is 24.8 Å². The molecule has 1 heterocycles. The standard InChI is InChI=1S/C34H58O5/c1-31(2,37)16-8-7-9-22-10-11-27-28-13-12-25-26(34(28,6)18-17-33(22,27)5)14-15-29(32(25,3)4)39-30-20-23(36)19-24(21-35)38-30/h12,22-24,26-30,35-37H,7-11,13-21H2,1-6H3/t22?,23-,24-,26?,27?,28?,29-,30-,33+,34-/m0/s1. The lowest BCUT2D eigenvalue weighted by atomic mass is 9.43. The van der Waals surface area contributed by atoms with Crippen LogP contribution in [0.4, 0.5) is 0 Å². The largest absolute Gasteiger partial charge is 0.394 e. The van der Waals surface area contributed by atoms with E-state index in [0.717, 1.165) is 37.0 Å². The Morgan fingerprint density at radius 1 is 0.974 bits per heavy atom. The SMILES string of the molecule is CC(C)(O)CCCCC1CCC2C3CC=C4C(CC[C@H](O[C@H]5C[C@@H](O)C[C@@H](CO)O5)C4(C)C)[C@]3(C)CC[C@]12C. The van der Waals surface area contributed by atoms with E-state index in [2.05, 4.69) is 33.8 Å². The van der Waals surface area contributed by atoms with Gasteiger partial charge in [-0.3, -0.25) is 0 Å². The van der Waals surface area contributed by atoms with Crippen LogP contribution in [0, 0.1) is 39.9 Å². The van der Waals surface area contributed by atoms with Crippen LogP contribution < -0.4 is 0 Å². The molecular formula is C34H58O5. The van der Waals surface area contributed by atoms with Crippen LogP contribution in [0.25, 0.3) is 0 Å². The predicted molar refractivity (Wildman–Crippen MR) is 155 cm³/mol. The molecule has 39 heavy (non-hydrogen) atoms. The Balaban J connectivity index is 1.27. The van der Waals surface area contributed by atoms with E-state index in [1.807, 2.05) is 13.8 Å². The summed E-state index contributed by atoms with van der Waals surface area (Å²) in [5, 5.41) is 30.0. The molecule has 5 heteroatoms. The van der Waals surface area contributed by atoms with Gasteiger partial charge in [0.25, 0.3) is 0 Å². The highest BCUT2D eigenvalue weighted by Crippen LogP contribution is 2.69. The monoisotopic (exact) mass is 546 g/mol. The van der Waals surface area contributed by atoms with E-state index < -0.39 is 18.0 Å². The molecule has 0 aromatic heterocycles. The lowest BCUT2D eigenvalue weighted by Gasteiger charge is -2.62.